The molecule has 2 heterocycles. The molecule has 0 aliphatic carbocycles. The average molecular weight is 476 g/mol. The highest BCUT2D eigenvalue weighted by Gasteiger charge is 2.28. The fraction of sp³-hybridized carbons (Fsp3) is 0.304. The molecule has 1 fully saturated rings. The minimum atomic E-state index is -3.66. The van der Waals surface area contributed by atoms with Gasteiger partial charge in [-0.05, 0) is 60.7 Å². The number of ether oxygens (including phenoxy) is 1. The molecule has 1 aliphatic heterocycles. The Bertz CT molecular complexity index is 1100. The Morgan fingerprint density at radius 1 is 1.03 bits per heavy atom. The van der Waals surface area contributed by atoms with E-state index in [4.69, 9.17) is 20.8 Å². The Kier molecular flexibility index (Phi) is 7.05. The molecule has 0 unspecified atom stereocenters. The molecule has 4 rings (SSSR count). The van der Waals surface area contributed by atoms with Crippen LogP contribution in [-0.2, 0) is 10.0 Å². The molecule has 170 valence electrons. The molecular weight excluding hydrogens is 450 g/mol. The van der Waals surface area contributed by atoms with E-state index in [0.29, 0.717) is 5.02 Å². The van der Waals surface area contributed by atoms with E-state index >= 15 is 0 Å². The second kappa shape index (κ2) is 9.95. The van der Waals surface area contributed by atoms with Crippen molar-refractivity contribution >= 4 is 27.3 Å². The molecule has 0 radical (unpaired) electrons. The second-order valence-corrected chi connectivity index (χ2v) is 9.76. The van der Waals surface area contributed by atoms with Crippen LogP contribution in [0.2, 0.25) is 5.02 Å². The highest BCUT2D eigenvalue weighted by atomic mass is 35.5. The zero-order valence-corrected chi connectivity index (χ0v) is 19.3. The van der Waals surface area contributed by atoms with Crippen LogP contribution in [0.5, 0.6) is 5.75 Å². The molecule has 2 aromatic carbocycles. The molecule has 0 bridgehead atoms. The predicted molar refractivity (Wildman–Crippen MR) is 125 cm³/mol. The summed E-state index contributed by atoms with van der Waals surface area (Å²) >= 11 is 5.89. The van der Waals surface area contributed by atoms with Gasteiger partial charge in [-0.1, -0.05) is 11.6 Å². The predicted octanol–water partition coefficient (Wildman–Crippen LogP) is 3.78. The molecule has 9 heteroatoms. The van der Waals surface area contributed by atoms with Crippen molar-refractivity contribution in [2.45, 2.75) is 10.9 Å². The van der Waals surface area contributed by atoms with E-state index in [1.54, 1.807) is 25.5 Å². The van der Waals surface area contributed by atoms with Gasteiger partial charge in [0.05, 0.1) is 24.3 Å². The number of benzene rings is 2. The Morgan fingerprint density at radius 2 is 1.72 bits per heavy atom. The van der Waals surface area contributed by atoms with E-state index < -0.39 is 10.0 Å². The first-order valence-electron chi connectivity index (χ1n) is 10.4. The van der Waals surface area contributed by atoms with Crippen molar-refractivity contribution in [3.05, 3.63) is 77.7 Å². The largest absolute Gasteiger partial charge is 0.497 e. The van der Waals surface area contributed by atoms with Crippen LogP contribution in [0.1, 0.15) is 11.8 Å². The fourth-order valence-corrected chi connectivity index (χ4v) is 5.03. The number of anilines is 1. The summed E-state index contributed by atoms with van der Waals surface area (Å²) in [4.78, 5) is 4.75. The molecule has 1 aromatic heterocycles. The summed E-state index contributed by atoms with van der Waals surface area (Å²) in [5.74, 6) is 1.57. The number of sulfonamides is 1. The van der Waals surface area contributed by atoms with E-state index in [-0.39, 0.29) is 17.5 Å². The normalized spacial score (nSPS) is 16.1. The number of hydrogen-bond donors (Lipinski definition) is 1. The minimum absolute atomic E-state index is 0.185. The first-order chi connectivity index (χ1) is 15.5. The fourth-order valence-electron chi connectivity index (χ4n) is 3.86. The third kappa shape index (κ3) is 5.27. The molecule has 0 saturated carbocycles. The summed E-state index contributed by atoms with van der Waals surface area (Å²) in [5, 5.41) is 0.493. The molecule has 7 nitrogen and oxygen atoms in total. The zero-order chi connectivity index (χ0) is 22.6. The Morgan fingerprint density at radius 3 is 2.31 bits per heavy atom. The smallest absolute Gasteiger partial charge is 0.240 e. The lowest BCUT2D eigenvalue weighted by Gasteiger charge is -2.39. The molecule has 1 N–H and O–H groups in total. The Balaban J connectivity index is 1.43. The van der Waals surface area contributed by atoms with Gasteiger partial charge in [0.1, 0.15) is 11.5 Å². The highest BCUT2D eigenvalue weighted by Crippen LogP contribution is 2.26. The quantitative estimate of drug-likeness (QED) is 0.534. The van der Waals surface area contributed by atoms with Crippen LogP contribution in [0, 0.1) is 0 Å². The maximum absolute atomic E-state index is 12.8. The van der Waals surface area contributed by atoms with E-state index in [2.05, 4.69) is 26.7 Å². The molecule has 0 spiro atoms. The van der Waals surface area contributed by atoms with Gasteiger partial charge in [0, 0.05) is 43.4 Å². The number of nitrogens with one attached hydrogen (secondary N) is 1. The third-order valence-corrected chi connectivity index (χ3v) is 7.35. The first kappa shape index (κ1) is 22.7. The van der Waals surface area contributed by atoms with Crippen molar-refractivity contribution < 1.29 is 17.6 Å². The van der Waals surface area contributed by atoms with Crippen molar-refractivity contribution in [2.24, 2.45) is 0 Å². The van der Waals surface area contributed by atoms with Crippen LogP contribution in [0.15, 0.2) is 76.2 Å². The number of furan rings is 1. The molecule has 0 amide bonds. The van der Waals surface area contributed by atoms with Gasteiger partial charge in [0.25, 0.3) is 0 Å². The number of rotatable bonds is 8. The molecule has 1 atom stereocenters. The summed E-state index contributed by atoms with van der Waals surface area (Å²) in [6.45, 7) is 3.42. The maximum atomic E-state index is 12.8. The van der Waals surface area contributed by atoms with E-state index in [9.17, 15) is 8.42 Å². The molecule has 1 aliphatic rings. The van der Waals surface area contributed by atoms with Crippen molar-refractivity contribution in [2.75, 3.05) is 44.7 Å². The number of halogens is 1. The molecule has 3 aromatic rings. The second-order valence-electron chi connectivity index (χ2n) is 7.56. The standard InChI is InChI=1S/C23H26ClN3O4S/c1-30-20-8-6-19(7-9-20)26-12-14-27(15-13-26)22(23-3-2-16-31-23)17-25-32(28,29)21-10-4-18(24)5-11-21/h2-11,16,22,25H,12-15,17H2,1H3/t22-/m1/s1. The number of piperazine rings is 1. The maximum Gasteiger partial charge on any atom is 0.240 e. The first-order valence-corrected chi connectivity index (χ1v) is 12.2. The van der Waals surface area contributed by atoms with Gasteiger partial charge in [0.2, 0.25) is 10.0 Å². The summed E-state index contributed by atoms with van der Waals surface area (Å²) in [6, 6.07) is 17.7. The lowest BCUT2D eigenvalue weighted by Crippen LogP contribution is -2.49. The number of hydrogen-bond acceptors (Lipinski definition) is 6. The SMILES string of the molecule is COc1ccc(N2CCN([C@H](CNS(=O)(=O)c3ccc(Cl)cc3)c3ccco3)CC2)cc1. The van der Waals surface area contributed by atoms with Crippen molar-refractivity contribution in [1.29, 1.82) is 0 Å². The van der Waals surface area contributed by atoms with E-state index in [0.717, 1.165) is 43.4 Å². The van der Waals surface area contributed by atoms with Crippen LogP contribution < -0.4 is 14.4 Å². The van der Waals surface area contributed by atoms with Gasteiger partial charge in [-0.2, -0.15) is 0 Å². The Labute approximate surface area is 193 Å². The summed E-state index contributed by atoms with van der Waals surface area (Å²) in [7, 11) is -2.01. The van der Waals surface area contributed by atoms with Crippen molar-refractivity contribution in [3.8, 4) is 5.75 Å². The van der Waals surface area contributed by atoms with Crippen molar-refractivity contribution in [1.82, 2.24) is 9.62 Å². The topological polar surface area (TPSA) is 75.0 Å². The van der Waals surface area contributed by atoms with Gasteiger partial charge in [-0.3, -0.25) is 4.90 Å². The number of methoxy groups -OCH3 is 1. The average Bonchev–Trinajstić information content (AvgIpc) is 3.35. The van der Waals surface area contributed by atoms with E-state index in [1.165, 1.54) is 12.1 Å². The van der Waals surface area contributed by atoms with Crippen LogP contribution in [0.3, 0.4) is 0 Å². The zero-order valence-electron chi connectivity index (χ0n) is 17.8. The van der Waals surface area contributed by atoms with Gasteiger partial charge in [0.15, 0.2) is 0 Å². The van der Waals surface area contributed by atoms with Crippen LogP contribution >= 0.6 is 11.6 Å². The molecular formula is C23H26ClN3O4S. The lowest BCUT2D eigenvalue weighted by molar-refractivity contribution is 0.166. The molecule has 32 heavy (non-hydrogen) atoms. The van der Waals surface area contributed by atoms with Gasteiger partial charge >= 0.3 is 0 Å². The Hall–Kier alpha value is -2.52. The minimum Gasteiger partial charge on any atom is -0.497 e. The van der Waals surface area contributed by atoms with Crippen LogP contribution in [0.25, 0.3) is 0 Å². The van der Waals surface area contributed by atoms with Crippen LogP contribution in [-0.4, -0.2) is 53.2 Å². The number of nitrogens with zero attached hydrogens (tertiary/aromatic N) is 2. The lowest BCUT2D eigenvalue weighted by atomic mass is 10.1. The van der Waals surface area contributed by atoms with Gasteiger partial charge in [-0.25, -0.2) is 13.1 Å². The van der Waals surface area contributed by atoms with E-state index in [1.807, 2.05) is 24.3 Å². The molecule has 1 saturated heterocycles. The summed E-state index contributed by atoms with van der Waals surface area (Å²) < 4.78 is 39.2. The van der Waals surface area contributed by atoms with Gasteiger partial charge < -0.3 is 14.1 Å². The van der Waals surface area contributed by atoms with Crippen molar-refractivity contribution in [3.63, 3.8) is 0 Å². The highest BCUT2D eigenvalue weighted by molar-refractivity contribution is 7.89. The third-order valence-electron chi connectivity index (χ3n) is 5.65. The van der Waals surface area contributed by atoms with Crippen LogP contribution in [0.4, 0.5) is 5.69 Å². The summed E-state index contributed by atoms with van der Waals surface area (Å²) in [6.07, 6.45) is 1.61. The summed E-state index contributed by atoms with van der Waals surface area (Å²) in [5.41, 5.74) is 1.14. The monoisotopic (exact) mass is 475 g/mol. The van der Waals surface area contributed by atoms with Gasteiger partial charge in [-0.15, -0.1) is 0 Å².